The minimum absolute atomic E-state index is 0.338. The minimum atomic E-state index is 0.338. The highest BCUT2D eigenvalue weighted by Crippen LogP contribution is 2.13. The maximum absolute atomic E-state index is 5.68. The second kappa shape index (κ2) is 7.22. The Morgan fingerprint density at radius 1 is 1.20 bits per heavy atom. The predicted molar refractivity (Wildman–Crippen MR) is 82.1 cm³/mol. The number of hydrazine groups is 1. The van der Waals surface area contributed by atoms with Crippen molar-refractivity contribution in [2.24, 2.45) is 12.9 Å². The van der Waals surface area contributed by atoms with Crippen LogP contribution in [0.5, 0.6) is 0 Å². The molecule has 3 N–H and O–H groups in total. The fourth-order valence-corrected chi connectivity index (χ4v) is 2.50. The molecule has 2 rings (SSSR count). The van der Waals surface area contributed by atoms with Crippen molar-refractivity contribution in [1.82, 2.24) is 15.2 Å². The second-order valence-electron chi connectivity index (χ2n) is 5.31. The van der Waals surface area contributed by atoms with Gasteiger partial charge < -0.3 is 0 Å². The summed E-state index contributed by atoms with van der Waals surface area (Å²) in [5.41, 5.74) is 6.96. The zero-order chi connectivity index (χ0) is 14.4. The smallest absolute Gasteiger partial charge is 0.0492 e. The highest BCUT2D eigenvalue weighted by molar-refractivity contribution is 5.25. The lowest BCUT2D eigenvalue weighted by Gasteiger charge is -2.16. The molecule has 1 aromatic carbocycles. The quantitative estimate of drug-likeness (QED) is 0.599. The first kappa shape index (κ1) is 14.8. The van der Waals surface area contributed by atoms with Gasteiger partial charge >= 0.3 is 0 Å². The second-order valence-corrected chi connectivity index (χ2v) is 5.31. The molecule has 0 aliphatic heterocycles. The number of aromatic nitrogens is 2. The van der Waals surface area contributed by atoms with E-state index >= 15 is 0 Å². The molecule has 0 radical (unpaired) electrons. The van der Waals surface area contributed by atoms with Crippen molar-refractivity contribution in [1.29, 1.82) is 0 Å². The molecular weight excluding hydrogens is 248 g/mol. The highest BCUT2D eigenvalue weighted by atomic mass is 15.3. The summed E-state index contributed by atoms with van der Waals surface area (Å²) in [4.78, 5) is 0. The normalized spacial score (nSPS) is 12.6. The molecule has 20 heavy (non-hydrogen) atoms. The van der Waals surface area contributed by atoms with E-state index in [0.29, 0.717) is 6.04 Å². The first-order valence-electron chi connectivity index (χ1n) is 7.18. The van der Waals surface area contributed by atoms with E-state index in [0.717, 1.165) is 25.7 Å². The van der Waals surface area contributed by atoms with E-state index in [2.05, 4.69) is 47.8 Å². The van der Waals surface area contributed by atoms with Crippen molar-refractivity contribution in [2.75, 3.05) is 0 Å². The Balaban J connectivity index is 1.84. The highest BCUT2D eigenvalue weighted by Gasteiger charge is 2.09. The molecule has 0 saturated carbocycles. The first-order chi connectivity index (χ1) is 9.70. The van der Waals surface area contributed by atoms with E-state index in [1.165, 1.54) is 16.8 Å². The van der Waals surface area contributed by atoms with Crippen molar-refractivity contribution < 1.29 is 0 Å². The van der Waals surface area contributed by atoms with Crippen LogP contribution in [-0.2, 0) is 19.9 Å². The third-order valence-corrected chi connectivity index (χ3v) is 3.93. The molecule has 0 bridgehead atoms. The summed E-state index contributed by atoms with van der Waals surface area (Å²) in [5.74, 6) is 5.68. The van der Waals surface area contributed by atoms with Crippen molar-refractivity contribution in [2.45, 2.75) is 38.6 Å². The molecule has 0 aliphatic rings. The monoisotopic (exact) mass is 272 g/mol. The summed E-state index contributed by atoms with van der Waals surface area (Å²) in [6.07, 6.45) is 5.99. The lowest BCUT2D eigenvalue weighted by atomic mass is 9.98. The lowest BCUT2D eigenvalue weighted by molar-refractivity contribution is 0.458. The average Bonchev–Trinajstić information content (AvgIpc) is 2.86. The molecule has 0 fully saturated rings. The minimum Gasteiger partial charge on any atom is -0.273 e. The molecule has 0 aliphatic carbocycles. The van der Waals surface area contributed by atoms with Crippen molar-refractivity contribution >= 4 is 0 Å². The SMILES string of the molecule is Cc1ccccc1CCC(CCc1ccnn1C)NN. The van der Waals surface area contributed by atoms with E-state index in [1.54, 1.807) is 0 Å². The van der Waals surface area contributed by atoms with Gasteiger partial charge in [0.1, 0.15) is 0 Å². The molecule has 0 amide bonds. The fourth-order valence-electron chi connectivity index (χ4n) is 2.50. The van der Waals surface area contributed by atoms with E-state index in [-0.39, 0.29) is 0 Å². The number of nitrogens with two attached hydrogens (primary N) is 1. The molecule has 0 saturated heterocycles. The molecule has 4 heteroatoms. The van der Waals surface area contributed by atoms with Crippen LogP contribution in [0.4, 0.5) is 0 Å². The van der Waals surface area contributed by atoms with E-state index in [9.17, 15) is 0 Å². The van der Waals surface area contributed by atoms with Crippen LogP contribution in [-0.4, -0.2) is 15.8 Å². The van der Waals surface area contributed by atoms with Gasteiger partial charge in [-0.05, 0) is 49.8 Å². The Bertz CT molecular complexity index is 533. The number of hydrogen-bond acceptors (Lipinski definition) is 3. The molecule has 1 aromatic heterocycles. The molecule has 2 aromatic rings. The van der Waals surface area contributed by atoms with Gasteiger partial charge in [-0.2, -0.15) is 5.10 Å². The van der Waals surface area contributed by atoms with E-state index < -0.39 is 0 Å². The fraction of sp³-hybridized carbons (Fsp3) is 0.438. The maximum Gasteiger partial charge on any atom is 0.0492 e. The van der Waals surface area contributed by atoms with Crippen molar-refractivity contribution in [3.05, 3.63) is 53.3 Å². The molecule has 1 atom stereocenters. The average molecular weight is 272 g/mol. The van der Waals surface area contributed by atoms with Crippen LogP contribution in [0.3, 0.4) is 0 Å². The summed E-state index contributed by atoms with van der Waals surface area (Å²) in [7, 11) is 1.98. The van der Waals surface area contributed by atoms with Gasteiger partial charge in [0.15, 0.2) is 0 Å². The summed E-state index contributed by atoms with van der Waals surface area (Å²) >= 11 is 0. The Labute approximate surface area is 121 Å². The largest absolute Gasteiger partial charge is 0.273 e. The van der Waals surface area contributed by atoms with Crippen LogP contribution >= 0.6 is 0 Å². The number of hydrogen-bond donors (Lipinski definition) is 2. The molecular formula is C16H24N4. The number of benzene rings is 1. The summed E-state index contributed by atoms with van der Waals surface area (Å²) < 4.78 is 1.93. The molecule has 108 valence electrons. The van der Waals surface area contributed by atoms with Gasteiger partial charge in [0.2, 0.25) is 0 Å². The van der Waals surface area contributed by atoms with Crippen molar-refractivity contribution in [3.8, 4) is 0 Å². The van der Waals surface area contributed by atoms with Gasteiger partial charge in [0, 0.05) is 25.0 Å². The van der Waals surface area contributed by atoms with Gasteiger partial charge in [-0.15, -0.1) is 0 Å². The Kier molecular flexibility index (Phi) is 5.32. The number of nitrogens with zero attached hydrogens (tertiary/aromatic N) is 2. The van der Waals surface area contributed by atoms with Crippen LogP contribution in [0, 0.1) is 6.92 Å². The topological polar surface area (TPSA) is 55.9 Å². The van der Waals surface area contributed by atoms with Gasteiger partial charge in [-0.3, -0.25) is 16.0 Å². The first-order valence-corrected chi connectivity index (χ1v) is 7.18. The Morgan fingerprint density at radius 3 is 2.60 bits per heavy atom. The molecule has 0 spiro atoms. The molecule has 1 unspecified atom stereocenters. The van der Waals surface area contributed by atoms with E-state index in [4.69, 9.17) is 5.84 Å². The number of rotatable bonds is 7. The van der Waals surface area contributed by atoms with Crippen LogP contribution < -0.4 is 11.3 Å². The van der Waals surface area contributed by atoms with Crippen LogP contribution in [0.1, 0.15) is 29.7 Å². The molecule has 1 heterocycles. The molecule has 4 nitrogen and oxygen atoms in total. The van der Waals surface area contributed by atoms with Gasteiger partial charge in [-0.25, -0.2) is 0 Å². The van der Waals surface area contributed by atoms with Gasteiger partial charge in [0.25, 0.3) is 0 Å². The van der Waals surface area contributed by atoms with Crippen LogP contribution in [0.2, 0.25) is 0 Å². The van der Waals surface area contributed by atoms with E-state index in [1.807, 2.05) is 17.9 Å². The Morgan fingerprint density at radius 2 is 1.95 bits per heavy atom. The maximum atomic E-state index is 5.68. The number of nitrogens with one attached hydrogen (secondary N) is 1. The zero-order valence-corrected chi connectivity index (χ0v) is 12.3. The van der Waals surface area contributed by atoms with Gasteiger partial charge in [0.05, 0.1) is 0 Å². The zero-order valence-electron chi connectivity index (χ0n) is 12.3. The summed E-state index contributed by atoms with van der Waals surface area (Å²) in [5, 5.41) is 4.19. The predicted octanol–water partition coefficient (Wildman–Crippen LogP) is 2.13. The third-order valence-electron chi connectivity index (χ3n) is 3.93. The van der Waals surface area contributed by atoms with Crippen LogP contribution in [0.25, 0.3) is 0 Å². The standard InChI is InChI=1S/C16H24N4/c1-13-5-3-4-6-14(13)7-8-15(19-17)9-10-16-11-12-18-20(16)2/h3-6,11-12,15,19H,7-10,17H2,1-2H3. The Hall–Kier alpha value is -1.65. The summed E-state index contributed by atoms with van der Waals surface area (Å²) in [6.45, 7) is 2.16. The lowest BCUT2D eigenvalue weighted by Crippen LogP contribution is -2.36. The summed E-state index contributed by atoms with van der Waals surface area (Å²) in [6, 6.07) is 10.9. The third kappa shape index (κ3) is 3.92. The number of aryl methyl sites for hydroxylation is 4. The van der Waals surface area contributed by atoms with Crippen molar-refractivity contribution in [3.63, 3.8) is 0 Å². The van der Waals surface area contributed by atoms with Crippen LogP contribution in [0.15, 0.2) is 36.5 Å². The van der Waals surface area contributed by atoms with Gasteiger partial charge in [-0.1, -0.05) is 24.3 Å².